The van der Waals surface area contributed by atoms with Crippen LogP contribution in [0.5, 0.6) is 11.5 Å². The van der Waals surface area contributed by atoms with E-state index in [1.54, 1.807) is 0 Å². The lowest BCUT2D eigenvalue weighted by atomic mass is 9.98. The predicted octanol–water partition coefficient (Wildman–Crippen LogP) is 14.0. The molecule has 0 amide bonds. The van der Waals surface area contributed by atoms with E-state index in [1.165, 1.54) is 66.8 Å². The molecule has 4 heteroatoms. The Labute approximate surface area is 314 Å². The van der Waals surface area contributed by atoms with Gasteiger partial charge in [0.2, 0.25) is 16.6 Å². The zero-order valence-electron chi connectivity index (χ0n) is 32.8. The number of hydrogen-bond acceptors (Lipinski definition) is 2. The molecule has 0 spiro atoms. The molecule has 0 aliphatic heterocycles. The zero-order valence-corrected chi connectivity index (χ0v) is 34.8. The third-order valence-corrected chi connectivity index (χ3v) is 20.8. The molecule has 2 aliphatic rings. The van der Waals surface area contributed by atoms with Gasteiger partial charge in [-0.2, -0.15) is 0 Å². The van der Waals surface area contributed by atoms with Gasteiger partial charge in [-0.25, -0.2) is 0 Å². The van der Waals surface area contributed by atoms with E-state index in [0.29, 0.717) is 0 Å². The van der Waals surface area contributed by atoms with Gasteiger partial charge in [0.1, 0.15) is 11.5 Å². The second-order valence-electron chi connectivity index (χ2n) is 17.9. The monoisotopic (exact) mass is 718 g/mol. The lowest BCUT2D eigenvalue weighted by Gasteiger charge is -2.36. The van der Waals surface area contributed by atoms with Crippen molar-refractivity contribution >= 4 is 39.9 Å². The Bertz CT molecular complexity index is 1990. The van der Waals surface area contributed by atoms with Crippen LogP contribution in [0.25, 0.3) is 45.6 Å². The molecule has 0 bridgehead atoms. The van der Waals surface area contributed by atoms with Gasteiger partial charge in [-0.1, -0.05) is 139 Å². The average Bonchev–Trinajstić information content (AvgIpc) is 3.70. The van der Waals surface area contributed by atoms with E-state index in [1.807, 2.05) is 0 Å². The van der Waals surface area contributed by atoms with Crippen LogP contribution in [-0.2, 0) is 12.8 Å². The molecule has 0 radical (unpaired) electrons. The number of fused-ring (bicyclic) bond motifs is 2. The third kappa shape index (κ3) is 7.29. The quantitative estimate of drug-likeness (QED) is 0.149. The van der Waals surface area contributed by atoms with Crippen LogP contribution in [-0.4, -0.2) is 16.6 Å². The summed E-state index contributed by atoms with van der Waals surface area (Å²) in [7, 11) is -3.70. The highest BCUT2D eigenvalue weighted by Gasteiger charge is 2.39. The van der Waals surface area contributed by atoms with Gasteiger partial charge in [0.15, 0.2) is 0 Å². The first-order valence-electron chi connectivity index (χ1n) is 18.8. The minimum absolute atomic E-state index is 0.180. The van der Waals surface area contributed by atoms with Crippen LogP contribution >= 0.6 is 0 Å². The largest absolute Gasteiger partial charge is 0.544 e. The highest BCUT2D eigenvalue weighted by atomic mass is 28.4. The highest BCUT2D eigenvalue weighted by molar-refractivity contribution is 6.75. The highest BCUT2D eigenvalue weighted by Crippen LogP contribution is 2.41. The van der Waals surface area contributed by atoms with E-state index in [4.69, 9.17) is 8.85 Å². The molecule has 0 unspecified atom stereocenters. The Hall–Kier alpha value is -4.39. The fourth-order valence-corrected chi connectivity index (χ4v) is 8.70. The van der Waals surface area contributed by atoms with Crippen molar-refractivity contribution in [2.75, 3.05) is 0 Å². The molecular weight excluding hydrogens is 665 g/mol. The van der Waals surface area contributed by atoms with Gasteiger partial charge in [-0.05, 0) is 140 Å². The summed E-state index contributed by atoms with van der Waals surface area (Å²) in [5, 5.41) is 0.360. The number of benzene rings is 5. The molecule has 266 valence electrons. The van der Waals surface area contributed by atoms with Gasteiger partial charge in [-0.3, -0.25) is 0 Å². The van der Waals surface area contributed by atoms with Gasteiger partial charge in [0, 0.05) is 0 Å². The van der Waals surface area contributed by atoms with Crippen molar-refractivity contribution in [3.05, 3.63) is 143 Å². The maximum atomic E-state index is 6.50. The molecule has 0 fully saturated rings. The number of allylic oxidation sites excluding steroid dienone is 2. The van der Waals surface area contributed by atoms with Crippen molar-refractivity contribution in [3.8, 4) is 33.8 Å². The molecule has 2 aliphatic carbocycles. The summed E-state index contributed by atoms with van der Waals surface area (Å²) in [6, 6.07) is 40.2. The summed E-state index contributed by atoms with van der Waals surface area (Å²) in [4.78, 5) is 0. The van der Waals surface area contributed by atoms with Gasteiger partial charge < -0.3 is 8.85 Å². The fourth-order valence-electron chi connectivity index (χ4n) is 6.64. The Morgan fingerprint density at radius 2 is 0.673 bits per heavy atom. The van der Waals surface area contributed by atoms with E-state index in [9.17, 15) is 0 Å². The molecule has 0 saturated carbocycles. The van der Waals surface area contributed by atoms with Crippen molar-refractivity contribution in [2.24, 2.45) is 0 Å². The van der Waals surface area contributed by atoms with Crippen LogP contribution in [0.2, 0.25) is 36.3 Å². The first kappa shape index (κ1) is 36.0. The van der Waals surface area contributed by atoms with E-state index >= 15 is 0 Å². The summed E-state index contributed by atoms with van der Waals surface area (Å²) in [6.07, 6.45) is 6.73. The van der Waals surface area contributed by atoms with Crippen LogP contribution in [0.15, 0.2) is 109 Å². The van der Waals surface area contributed by atoms with Crippen LogP contribution in [0.1, 0.15) is 74.9 Å². The number of hydrogen-bond donors (Lipinski definition) is 0. The summed E-state index contributed by atoms with van der Waals surface area (Å²) in [6.45, 7) is 22.9. The van der Waals surface area contributed by atoms with Gasteiger partial charge in [0.25, 0.3) is 0 Å². The maximum absolute atomic E-state index is 6.50. The fraction of sp³-hybridized carbons (Fsp3) is 0.292. The molecule has 0 heterocycles. The van der Waals surface area contributed by atoms with Crippen LogP contribution in [0.4, 0.5) is 0 Å². The van der Waals surface area contributed by atoms with Gasteiger partial charge in [0.05, 0.1) is 0 Å². The molecule has 5 aromatic rings. The van der Waals surface area contributed by atoms with Crippen molar-refractivity contribution in [1.82, 2.24) is 0 Å². The minimum Gasteiger partial charge on any atom is -0.544 e. The average molecular weight is 719 g/mol. The van der Waals surface area contributed by atoms with Crippen molar-refractivity contribution in [3.63, 3.8) is 0 Å². The van der Waals surface area contributed by atoms with Crippen molar-refractivity contribution < 1.29 is 8.85 Å². The number of rotatable bonds is 8. The van der Waals surface area contributed by atoms with Crippen LogP contribution in [0, 0.1) is 0 Å². The standard InChI is InChI=1S/C48H54O2Si2/c1-47(2,3)51(7,8)49-45-23-19-35(20-24-45)33-11-15-37(16-12-33)39-27-41-31-43-29-40(30-44(43)32-42(41)28-39)38-17-13-34(14-18-38)36-21-25-46(26-22-36)50-52(9,10)48(4,5)6/h11-27,30-32H,28-29H2,1-10H3. The normalized spacial score (nSPS) is 14.4. The van der Waals surface area contributed by atoms with E-state index in [2.05, 4.69) is 189 Å². The zero-order chi connectivity index (χ0) is 37.1. The molecule has 7 rings (SSSR count). The van der Waals surface area contributed by atoms with Gasteiger partial charge >= 0.3 is 0 Å². The SMILES string of the molecule is CC(C)(C)[Si](C)(C)Oc1ccc(-c2ccc(C3=Cc4cc5c(cc4C3)C=C(c3ccc(-c4ccc(O[Si](C)(C)C(C)(C)C)cc4)cc3)C5)cc2)cc1. The third-order valence-electron chi connectivity index (χ3n) is 12.1. The molecule has 0 atom stereocenters. The predicted molar refractivity (Wildman–Crippen MR) is 229 cm³/mol. The minimum atomic E-state index is -1.85. The molecule has 2 nitrogen and oxygen atoms in total. The molecule has 5 aromatic carbocycles. The van der Waals surface area contributed by atoms with Crippen molar-refractivity contribution in [2.45, 2.75) is 90.6 Å². The lowest BCUT2D eigenvalue weighted by Crippen LogP contribution is -2.43. The second-order valence-corrected chi connectivity index (χ2v) is 27.3. The first-order valence-corrected chi connectivity index (χ1v) is 24.6. The summed E-state index contributed by atoms with van der Waals surface area (Å²) >= 11 is 0. The molecule has 0 saturated heterocycles. The smallest absolute Gasteiger partial charge is 0.250 e. The molecular formula is C48H54O2Si2. The second kappa shape index (κ2) is 13.2. The van der Waals surface area contributed by atoms with E-state index in [0.717, 1.165) is 24.3 Å². The van der Waals surface area contributed by atoms with Crippen LogP contribution in [0.3, 0.4) is 0 Å². The summed E-state index contributed by atoms with van der Waals surface area (Å²) in [5.74, 6) is 1.94. The summed E-state index contributed by atoms with van der Waals surface area (Å²) < 4.78 is 13.0. The molecule has 0 N–H and O–H groups in total. The molecule has 52 heavy (non-hydrogen) atoms. The van der Waals surface area contributed by atoms with Crippen LogP contribution < -0.4 is 8.85 Å². The lowest BCUT2D eigenvalue weighted by molar-refractivity contribution is 0.492. The first-order chi connectivity index (χ1) is 24.5. The summed E-state index contributed by atoms with van der Waals surface area (Å²) in [5.41, 5.74) is 15.8. The van der Waals surface area contributed by atoms with Crippen molar-refractivity contribution in [1.29, 1.82) is 0 Å². The Morgan fingerprint density at radius 1 is 0.404 bits per heavy atom. The maximum Gasteiger partial charge on any atom is 0.250 e. The topological polar surface area (TPSA) is 18.5 Å². The Morgan fingerprint density at radius 3 is 0.962 bits per heavy atom. The van der Waals surface area contributed by atoms with E-state index in [-0.39, 0.29) is 10.1 Å². The Kier molecular flexibility index (Phi) is 9.16. The van der Waals surface area contributed by atoms with E-state index < -0.39 is 16.6 Å². The van der Waals surface area contributed by atoms with Gasteiger partial charge in [-0.15, -0.1) is 0 Å². The Balaban J connectivity index is 0.986. The molecule has 0 aromatic heterocycles.